The highest BCUT2D eigenvalue weighted by Gasteiger charge is 2.25. The van der Waals surface area contributed by atoms with Crippen LogP contribution < -0.4 is 10.2 Å². The number of nitrogens with one attached hydrogen (secondary N) is 1. The van der Waals surface area contributed by atoms with Crippen molar-refractivity contribution in [3.05, 3.63) is 23.9 Å². The molecule has 1 aromatic rings. The number of rotatable bonds is 5. The van der Waals surface area contributed by atoms with Crippen LogP contribution in [0, 0.1) is 11.3 Å². The van der Waals surface area contributed by atoms with E-state index in [1.807, 2.05) is 19.9 Å². The lowest BCUT2D eigenvalue weighted by Gasteiger charge is -2.38. The van der Waals surface area contributed by atoms with Crippen LogP contribution in [0.5, 0.6) is 0 Å². The molecule has 0 radical (unpaired) electrons. The molecule has 1 aliphatic heterocycles. The minimum absolute atomic E-state index is 0.0971. The maximum absolute atomic E-state index is 12.0. The monoisotopic (exact) mass is 301 g/mol. The van der Waals surface area contributed by atoms with E-state index in [0.29, 0.717) is 5.56 Å². The second-order valence-electron chi connectivity index (χ2n) is 5.50. The molecule has 1 atom stereocenters. The van der Waals surface area contributed by atoms with Crippen molar-refractivity contribution in [2.75, 3.05) is 37.6 Å². The van der Waals surface area contributed by atoms with E-state index in [4.69, 9.17) is 5.26 Å². The predicted molar refractivity (Wildman–Crippen MR) is 85.5 cm³/mol. The molecule has 1 aromatic heterocycles. The average Bonchev–Trinajstić information content (AvgIpc) is 2.59. The molecule has 6 heteroatoms. The largest absolute Gasteiger partial charge is 0.355 e. The highest BCUT2D eigenvalue weighted by molar-refractivity contribution is 5.81. The van der Waals surface area contributed by atoms with Gasteiger partial charge in [-0.05, 0) is 25.5 Å². The van der Waals surface area contributed by atoms with E-state index in [1.54, 1.807) is 12.3 Å². The molecule has 1 amide bonds. The number of piperazine rings is 1. The number of pyridine rings is 1. The summed E-state index contributed by atoms with van der Waals surface area (Å²) in [5.41, 5.74) is 0.625. The van der Waals surface area contributed by atoms with Gasteiger partial charge in [-0.3, -0.25) is 9.69 Å². The van der Waals surface area contributed by atoms with Gasteiger partial charge < -0.3 is 10.2 Å². The first-order chi connectivity index (χ1) is 10.7. The number of amides is 1. The third kappa shape index (κ3) is 3.95. The van der Waals surface area contributed by atoms with E-state index in [9.17, 15) is 4.79 Å². The van der Waals surface area contributed by atoms with Crippen LogP contribution in [0.15, 0.2) is 18.3 Å². The van der Waals surface area contributed by atoms with Crippen LogP contribution in [-0.2, 0) is 4.79 Å². The molecule has 118 valence electrons. The van der Waals surface area contributed by atoms with Crippen molar-refractivity contribution < 1.29 is 4.79 Å². The third-order valence-electron chi connectivity index (χ3n) is 3.99. The Kier molecular flexibility index (Phi) is 5.73. The molecular weight excluding hydrogens is 278 g/mol. The van der Waals surface area contributed by atoms with Crippen LogP contribution in [0.2, 0.25) is 0 Å². The Balaban J connectivity index is 1.90. The molecule has 1 N–H and O–H groups in total. The van der Waals surface area contributed by atoms with Gasteiger partial charge in [-0.25, -0.2) is 4.98 Å². The Morgan fingerprint density at radius 1 is 1.45 bits per heavy atom. The summed E-state index contributed by atoms with van der Waals surface area (Å²) in [7, 11) is 0. The first-order valence-corrected chi connectivity index (χ1v) is 7.78. The lowest BCUT2D eigenvalue weighted by molar-refractivity contribution is -0.126. The van der Waals surface area contributed by atoms with Crippen LogP contribution in [0.25, 0.3) is 0 Å². The van der Waals surface area contributed by atoms with Crippen molar-refractivity contribution in [1.29, 1.82) is 5.26 Å². The van der Waals surface area contributed by atoms with Crippen LogP contribution in [0.1, 0.15) is 25.8 Å². The molecule has 22 heavy (non-hydrogen) atoms. The number of aromatic nitrogens is 1. The highest BCUT2D eigenvalue weighted by Crippen LogP contribution is 2.16. The number of carbonyl (C=O) groups is 1. The number of hydrogen-bond acceptors (Lipinski definition) is 5. The van der Waals surface area contributed by atoms with E-state index in [1.165, 1.54) is 0 Å². The maximum Gasteiger partial charge on any atom is 0.237 e. The molecule has 0 bridgehead atoms. The molecule has 1 fully saturated rings. The average molecular weight is 301 g/mol. The Morgan fingerprint density at radius 3 is 2.82 bits per heavy atom. The third-order valence-corrected chi connectivity index (χ3v) is 3.99. The van der Waals surface area contributed by atoms with Gasteiger partial charge in [0.2, 0.25) is 5.91 Å². The molecule has 0 unspecified atom stereocenters. The fraction of sp³-hybridized carbons (Fsp3) is 0.562. The van der Waals surface area contributed by atoms with Crippen molar-refractivity contribution >= 4 is 11.7 Å². The quantitative estimate of drug-likeness (QED) is 0.878. The standard InChI is InChI=1S/C16H23N5O/c1-3-5-19-16(22)13(2)20-7-9-21(10-8-20)15-11-14(12-17)4-6-18-15/h4,6,11,13H,3,5,7-10H2,1-2H3,(H,19,22)/t13-/m0/s1. The fourth-order valence-electron chi connectivity index (χ4n) is 2.56. The summed E-state index contributed by atoms with van der Waals surface area (Å²) in [5.74, 6) is 0.932. The summed E-state index contributed by atoms with van der Waals surface area (Å²) in [6.07, 6.45) is 2.62. The molecule has 2 rings (SSSR count). The van der Waals surface area contributed by atoms with Gasteiger partial charge in [0.25, 0.3) is 0 Å². The molecule has 1 saturated heterocycles. The van der Waals surface area contributed by atoms with Gasteiger partial charge >= 0.3 is 0 Å². The summed E-state index contributed by atoms with van der Waals surface area (Å²) in [6.45, 7) is 7.99. The van der Waals surface area contributed by atoms with E-state index >= 15 is 0 Å². The van der Waals surface area contributed by atoms with Crippen molar-refractivity contribution in [2.24, 2.45) is 0 Å². The minimum atomic E-state index is -0.105. The number of nitrogens with zero attached hydrogens (tertiary/aromatic N) is 4. The summed E-state index contributed by atoms with van der Waals surface area (Å²) in [4.78, 5) is 20.7. The van der Waals surface area contributed by atoms with Gasteiger partial charge in [-0.2, -0.15) is 5.26 Å². The predicted octanol–water partition coefficient (Wildman–Crippen LogP) is 0.990. The summed E-state index contributed by atoms with van der Waals surface area (Å²) < 4.78 is 0. The molecule has 0 spiro atoms. The van der Waals surface area contributed by atoms with E-state index < -0.39 is 0 Å². The highest BCUT2D eigenvalue weighted by atomic mass is 16.2. The summed E-state index contributed by atoms with van der Waals surface area (Å²) in [5, 5.41) is 11.9. The Morgan fingerprint density at radius 2 is 2.18 bits per heavy atom. The second-order valence-corrected chi connectivity index (χ2v) is 5.50. The lowest BCUT2D eigenvalue weighted by Crippen LogP contribution is -2.54. The number of nitriles is 1. The fourth-order valence-corrected chi connectivity index (χ4v) is 2.56. The SMILES string of the molecule is CCCNC(=O)[C@H](C)N1CCN(c2cc(C#N)ccn2)CC1. The Labute approximate surface area is 131 Å². The first-order valence-electron chi connectivity index (χ1n) is 7.78. The van der Waals surface area contributed by atoms with E-state index in [-0.39, 0.29) is 11.9 Å². The molecule has 6 nitrogen and oxygen atoms in total. The van der Waals surface area contributed by atoms with Crippen molar-refractivity contribution in [3.63, 3.8) is 0 Å². The smallest absolute Gasteiger partial charge is 0.237 e. The zero-order valence-electron chi connectivity index (χ0n) is 13.2. The topological polar surface area (TPSA) is 72.3 Å². The Hall–Kier alpha value is -2.13. The molecule has 0 aromatic carbocycles. The van der Waals surface area contributed by atoms with Crippen LogP contribution in [-0.4, -0.2) is 54.6 Å². The molecule has 0 saturated carbocycles. The van der Waals surface area contributed by atoms with Crippen molar-refractivity contribution in [1.82, 2.24) is 15.2 Å². The van der Waals surface area contributed by atoms with Gasteiger partial charge in [-0.1, -0.05) is 6.92 Å². The molecular formula is C16H23N5O. The van der Waals surface area contributed by atoms with Gasteiger partial charge in [-0.15, -0.1) is 0 Å². The maximum atomic E-state index is 12.0. The lowest BCUT2D eigenvalue weighted by atomic mass is 10.2. The first kappa shape index (κ1) is 16.2. The zero-order valence-corrected chi connectivity index (χ0v) is 13.2. The Bertz CT molecular complexity index is 546. The van der Waals surface area contributed by atoms with Crippen LogP contribution >= 0.6 is 0 Å². The normalized spacial score (nSPS) is 16.9. The minimum Gasteiger partial charge on any atom is -0.355 e. The number of carbonyl (C=O) groups excluding carboxylic acids is 1. The van der Waals surface area contributed by atoms with Crippen LogP contribution in [0.4, 0.5) is 5.82 Å². The second kappa shape index (κ2) is 7.76. The van der Waals surface area contributed by atoms with Gasteiger partial charge in [0.1, 0.15) is 5.82 Å². The van der Waals surface area contributed by atoms with E-state index in [0.717, 1.165) is 45.0 Å². The number of hydrogen-bond donors (Lipinski definition) is 1. The molecule has 1 aliphatic rings. The van der Waals surface area contributed by atoms with Crippen molar-refractivity contribution in [3.8, 4) is 6.07 Å². The van der Waals surface area contributed by atoms with Crippen molar-refractivity contribution in [2.45, 2.75) is 26.3 Å². The van der Waals surface area contributed by atoms with Crippen LogP contribution in [0.3, 0.4) is 0 Å². The van der Waals surface area contributed by atoms with Gasteiger partial charge in [0.15, 0.2) is 0 Å². The number of anilines is 1. The molecule has 2 heterocycles. The van der Waals surface area contributed by atoms with Gasteiger partial charge in [0, 0.05) is 38.9 Å². The zero-order chi connectivity index (χ0) is 15.9. The van der Waals surface area contributed by atoms with E-state index in [2.05, 4.69) is 26.2 Å². The molecule has 0 aliphatic carbocycles. The summed E-state index contributed by atoms with van der Waals surface area (Å²) >= 11 is 0. The summed E-state index contributed by atoms with van der Waals surface area (Å²) in [6, 6.07) is 5.55. The van der Waals surface area contributed by atoms with Gasteiger partial charge in [0.05, 0.1) is 17.7 Å².